The maximum Gasteiger partial charge on any atom is 0.410 e. The maximum absolute atomic E-state index is 12.3. The molecule has 1 rings (SSSR count). The predicted octanol–water partition coefficient (Wildman–Crippen LogP) is 2.22. The van der Waals surface area contributed by atoms with E-state index < -0.39 is 29.8 Å². The number of hydrogen-bond donors (Lipinski definition) is 1. The second-order valence-corrected chi connectivity index (χ2v) is 6.84. The fraction of sp³-hybridized carbons (Fsp3) is 0.812. The van der Waals surface area contributed by atoms with Gasteiger partial charge >= 0.3 is 12.1 Å². The van der Waals surface area contributed by atoms with Crippen molar-refractivity contribution in [1.82, 2.24) is 4.90 Å². The van der Waals surface area contributed by atoms with E-state index in [4.69, 9.17) is 14.6 Å². The molecular weight excluding hydrogens is 302 g/mol. The number of ether oxygens (including phenoxy) is 2. The average molecular weight is 329 g/mol. The second kappa shape index (κ2) is 8.29. The molecule has 2 atom stereocenters. The third kappa shape index (κ3) is 6.99. The topological polar surface area (TPSA) is 93.1 Å². The molecule has 0 radical (unpaired) electrons. The molecule has 7 heteroatoms. The minimum Gasteiger partial charge on any atom is -0.481 e. The molecule has 0 aromatic rings. The van der Waals surface area contributed by atoms with Gasteiger partial charge in [-0.25, -0.2) is 4.79 Å². The van der Waals surface area contributed by atoms with Crippen molar-refractivity contribution in [2.45, 2.75) is 71.1 Å². The van der Waals surface area contributed by atoms with Crippen LogP contribution in [0.3, 0.4) is 0 Å². The number of aliphatic carboxylic acids is 1. The number of rotatable bonds is 7. The van der Waals surface area contributed by atoms with Crippen molar-refractivity contribution >= 4 is 17.8 Å². The molecular formula is C16H27NO6. The molecule has 132 valence electrons. The molecule has 1 aliphatic heterocycles. The molecule has 1 N–H and O–H groups in total. The van der Waals surface area contributed by atoms with E-state index in [9.17, 15) is 14.4 Å². The van der Waals surface area contributed by atoms with E-state index in [0.29, 0.717) is 13.0 Å². The normalized spacial score (nSPS) is 19.2. The maximum atomic E-state index is 12.3. The van der Waals surface area contributed by atoms with Crippen LogP contribution in [-0.2, 0) is 19.1 Å². The monoisotopic (exact) mass is 329 g/mol. The van der Waals surface area contributed by atoms with E-state index in [1.807, 2.05) is 0 Å². The Balaban J connectivity index is 2.67. The zero-order valence-corrected chi connectivity index (χ0v) is 14.3. The van der Waals surface area contributed by atoms with Gasteiger partial charge < -0.3 is 19.5 Å². The first-order valence-corrected chi connectivity index (χ1v) is 7.96. The van der Waals surface area contributed by atoms with Crippen LogP contribution in [0.1, 0.15) is 53.4 Å². The van der Waals surface area contributed by atoms with Crippen LogP contribution in [0.15, 0.2) is 0 Å². The lowest BCUT2D eigenvalue weighted by Gasteiger charge is -2.31. The Kier molecular flexibility index (Phi) is 7.00. The molecule has 0 saturated carbocycles. The number of carbonyl (C=O) groups excluding carboxylic acids is 2. The number of carbonyl (C=O) groups is 3. The smallest absolute Gasteiger partial charge is 0.410 e. The number of Topliss-reactive ketones (excluding diaryl/α,β-unsaturated/α-hetero) is 1. The Morgan fingerprint density at radius 3 is 2.48 bits per heavy atom. The minimum absolute atomic E-state index is 0.0569. The molecule has 1 saturated heterocycles. The molecule has 0 aromatic heterocycles. The zero-order valence-electron chi connectivity index (χ0n) is 14.3. The fourth-order valence-electron chi connectivity index (χ4n) is 2.40. The molecule has 0 aliphatic carbocycles. The summed E-state index contributed by atoms with van der Waals surface area (Å²) in [5.41, 5.74) is -0.684. The number of hydrogen-bond acceptors (Lipinski definition) is 5. The van der Waals surface area contributed by atoms with Crippen LogP contribution in [-0.4, -0.2) is 58.8 Å². The third-order valence-corrected chi connectivity index (χ3v) is 3.52. The highest BCUT2D eigenvalue weighted by molar-refractivity contribution is 5.84. The van der Waals surface area contributed by atoms with Crippen LogP contribution < -0.4 is 0 Å². The number of nitrogens with zero attached hydrogens (tertiary/aromatic N) is 1. The van der Waals surface area contributed by atoms with Gasteiger partial charge in [-0.3, -0.25) is 9.59 Å². The quantitative estimate of drug-likeness (QED) is 0.770. The van der Waals surface area contributed by atoms with Crippen LogP contribution in [0, 0.1) is 0 Å². The first-order chi connectivity index (χ1) is 10.6. The molecule has 1 amide bonds. The van der Waals surface area contributed by atoms with Gasteiger partial charge in [0, 0.05) is 25.6 Å². The van der Waals surface area contributed by atoms with Crippen molar-refractivity contribution in [2.24, 2.45) is 0 Å². The molecule has 1 heterocycles. The highest BCUT2D eigenvalue weighted by Crippen LogP contribution is 2.17. The summed E-state index contributed by atoms with van der Waals surface area (Å²) in [4.78, 5) is 36.6. The lowest BCUT2D eigenvalue weighted by molar-refractivity contribution is -0.138. The molecule has 0 spiro atoms. The van der Waals surface area contributed by atoms with Gasteiger partial charge in [-0.15, -0.1) is 0 Å². The molecule has 0 aromatic carbocycles. The molecule has 1 fully saturated rings. The van der Waals surface area contributed by atoms with Gasteiger partial charge in [0.1, 0.15) is 11.7 Å². The number of amides is 1. The van der Waals surface area contributed by atoms with Crippen LogP contribution >= 0.6 is 0 Å². The van der Waals surface area contributed by atoms with Gasteiger partial charge in [0.2, 0.25) is 0 Å². The summed E-state index contributed by atoms with van der Waals surface area (Å²) in [5.74, 6) is -1.06. The highest BCUT2D eigenvalue weighted by Gasteiger charge is 2.29. The molecule has 7 nitrogen and oxygen atoms in total. The van der Waals surface area contributed by atoms with Crippen LogP contribution in [0.2, 0.25) is 0 Å². The van der Waals surface area contributed by atoms with Crippen molar-refractivity contribution in [3.63, 3.8) is 0 Å². The van der Waals surface area contributed by atoms with Crippen molar-refractivity contribution in [1.29, 1.82) is 0 Å². The fourth-order valence-corrected chi connectivity index (χ4v) is 2.40. The Labute approximate surface area is 136 Å². The van der Waals surface area contributed by atoms with E-state index in [0.717, 1.165) is 6.42 Å². The summed E-state index contributed by atoms with van der Waals surface area (Å²) >= 11 is 0. The summed E-state index contributed by atoms with van der Waals surface area (Å²) in [6.07, 6.45) is 0.496. The first kappa shape index (κ1) is 19.4. The van der Waals surface area contributed by atoms with Crippen molar-refractivity contribution < 1.29 is 29.0 Å². The van der Waals surface area contributed by atoms with E-state index in [2.05, 4.69) is 0 Å². The summed E-state index contributed by atoms with van der Waals surface area (Å²) in [6.45, 7) is 7.56. The predicted molar refractivity (Wildman–Crippen MR) is 83.3 cm³/mol. The molecule has 1 unspecified atom stereocenters. The number of carboxylic acid groups (broad SMARTS) is 1. The van der Waals surface area contributed by atoms with Gasteiger partial charge in [0.25, 0.3) is 0 Å². The molecule has 1 aliphatic rings. The van der Waals surface area contributed by atoms with E-state index in [1.54, 1.807) is 27.7 Å². The Morgan fingerprint density at radius 2 is 2.00 bits per heavy atom. The van der Waals surface area contributed by atoms with Crippen molar-refractivity contribution in [2.75, 3.05) is 13.2 Å². The molecule has 0 bridgehead atoms. The SMILES string of the molecule is C[C@@H](CC(=O)O)N(CCC(=O)C1CCCO1)C(=O)OC(C)(C)C. The number of ketones is 1. The average Bonchev–Trinajstić information content (AvgIpc) is 2.89. The Morgan fingerprint density at radius 1 is 1.35 bits per heavy atom. The first-order valence-electron chi connectivity index (χ1n) is 7.96. The molecule has 23 heavy (non-hydrogen) atoms. The second-order valence-electron chi connectivity index (χ2n) is 6.84. The van der Waals surface area contributed by atoms with Gasteiger partial charge in [0.05, 0.1) is 6.42 Å². The van der Waals surface area contributed by atoms with Crippen LogP contribution in [0.25, 0.3) is 0 Å². The van der Waals surface area contributed by atoms with Gasteiger partial charge in [-0.1, -0.05) is 0 Å². The largest absolute Gasteiger partial charge is 0.481 e. The summed E-state index contributed by atoms with van der Waals surface area (Å²) < 4.78 is 10.6. The summed E-state index contributed by atoms with van der Waals surface area (Å²) in [7, 11) is 0. The number of carboxylic acids is 1. The lowest BCUT2D eigenvalue weighted by atomic mass is 10.1. The van der Waals surface area contributed by atoms with Gasteiger partial charge in [-0.2, -0.15) is 0 Å². The van der Waals surface area contributed by atoms with Crippen LogP contribution in [0.5, 0.6) is 0 Å². The minimum atomic E-state index is -1.00. The van der Waals surface area contributed by atoms with Crippen molar-refractivity contribution in [3.05, 3.63) is 0 Å². The van der Waals surface area contributed by atoms with Crippen molar-refractivity contribution in [3.8, 4) is 0 Å². The van der Waals surface area contributed by atoms with Gasteiger partial charge in [0.15, 0.2) is 5.78 Å². The zero-order chi connectivity index (χ0) is 17.6. The standard InChI is InChI=1S/C16H27NO6/c1-11(10-14(19)20)17(15(21)23-16(2,3)4)8-7-12(18)13-6-5-9-22-13/h11,13H,5-10H2,1-4H3,(H,19,20)/t11-,13?/m0/s1. The van der Waals surface area contributed by atoms with E-state index in [-0.39, 0.29) is 25.2 Å². The lowest BCUT2D eigenvalue weighted by Crippen LogP contribution is -2.44. The summed E-state index contributed by atoms with van der Waals surface area (Å²) in [5, 5.41) is 8.93. The summed E-state index contributed by atoms with van der Waals surface area (Å²) in [6, 6.07) is -0.556. The van der Waals surface area contributed by atoms with E-state index in [1.165, 1.54) is 4.90 Å². The van der Waals surface area contributed by atoms with E-state index >= 15 is 0 Å². The van der Waals surface area contributed by atoms with Gasteiger partial charge in [-0.05, 0) is 40.5 Å². The third-order valence-electron chi connectivity index (χ3n) is 3.52. The Bertz CT molecular complexity index is 436. The highest BCUT2D eigenvalue weighted by atomic mass is 16.6. The van der Waals surface area contributed by atoms with Crippen LogP contribution in [0.4, 0.5) is 4.79 Å². The Hall–Kier alpha value is -1.63.